The number of nitrogens with one attached hydrogen (secondary N) is 1. The molecule has 7 nitrogen and oxygen atoms in total. The van der Waals surface area contributed by atoms with Crippen molar-refractivity contribution >= 4 is 17.3 Å². The molecular formula is C18H17ClN4O3. The lowest BCUT2D eigenvalue weighted by molar-refractivity contribution is 0.475. The third-order valence-corrected chi connectivity index (χ3v) is 4.09. The maximum Gasteiger partial charge on any atom is 0.335 e. The van der Waals surface area contributed by atoms with Crippen LogP contribution in [0.4, 0.5) is 5.69 Å². The Kier molecular flexibility index (Phi) is 5.09. The Labute approximate surface area is 153 Å². The van der Waals surface area contributed by atoms with Crippen molar-refractivity contribution in [3.05, 3.63) is 85.7 Å². The summed E-state index contributed by atoms with van der Waals surface area (Å²) in [6, 6.07) is 13.2. The summed E-state index contributed by atoms with van der Waals surface area (Å²) in [5, 5.41) is 9.98. The van der Waals surface area contributed by atoms with Crippen molar-refractivity contribution < 1.29 is 5.11 Å². The van der Waals surface area contributed by atoms with Crippen LogP contribution in [-0.4, -0.2) is 19.2 Å². The van der Waals surface area contributed by atoms with Gasteiger partial charge in [-0.1, -0.05) is 23.7 Å². The average molecular weight is 373 g/mol. The number of hydrogen-bond donors (Lipinski definition) is 2. The lowest BCUT2D eigenvalue weighted by Gasteiger charge is -2.10. The quantitative estimate of drug-likeness (QED) is 0.733. The van der Waals surface area contributed by atoms with E-state index in [0.717, 1.165) is 10.1 Å². The summed E-state index contributed by atoms with van der Waals surface area (Å²) < 4.78 is 2.49. The van der Waals surface area contributed by atoms with Crippen molar-refractivity contribution in [3.63, 3.8) is 0 Å². The predicted molar refractivity (Wildman–Crippen MR) is 98.9 cm³/mol. The van der Waals surface area contributed by atoms with E-state index in [4.69, 9.17) is 11.6 Å². The minimum atomic E-state index is -0.526. The molecule has 0 saturated heterocycles. The number of halogens is 1. The van der Waals surface area contributed by atoms with E-state index in [9.17, 15) is 14.7 Å². The molecule has 134 valence electrons. The molecule has 0 atom stereocenters. The lowest BCUT2D eigenvalue weighted by Crippen LogP contribution is -2.49. The second kappa shape index (κ2) is 7.45. The zero-order valence-corrected chi connectivity index (χ0v) is 14.8. The topological polar surface area (TPSA) is 92.4 Å². The van der Waals surface area contributed by atoms with E-state index in [1.54, 1.807) is 43.3 Å². The molecule has 8 heteroatoms. The number of benzene rings is 2. The molecule has 1 heterocycles. The summed E-state index contributed by atoms with van der Waals surface area (Å²) in [7, 11) is 0. The Bertz CT molecular complexity index is 1090. The number of aromatic nitrogens is 3. The largest absolute Gasteiger partial charge is 0.508 e. The van der Waals surface area contributed by atoms with E-state index in [2.05, 4.69) is 9.98 Å². The number of nitrogens with zero attached hydrogens (tertiary/aromatic N) is 3. The highest BCUT2D eigenvalue weighted by Gasteiger charge is 2.08. The number of aromatic amines is 1. The van der Waals surface area contributed by atoms with Crippen LogP contribution in [0.15, 0.2) is 63.1 Å². The summed E-state index contributed by atoms with van der Waals surface area (Å²) >= 11 is 5.91. The van der Waals surface area contributed by atoms with Gasteiger partial charge in [0, 0.05) is 11.6 Å². The van der Waals surface area contributed by atoms with Gasteiger partial charge in [-0.25, -0.2) is 19.1 Å². The molecule has 0 fully saturated rings. The highest BCUT2D eigenvalue weighted by Crippen LogP contribution is 2.15. The highest BCUT2D eigenvalue weighted by molar-refractivity contribution is 6.30. The Morgan fingerprint density at radius 3 is 2.31 bits per heavy atom. The first-order valence-electron chi connectivity index (χ1n) is 8.00. The van der Waals surface area contributed by atoms with Crippen molar-refractivity contribution in [2.75, 3.05) is 0 Å². The van der Waals surface area contributed by atoms with Gasteiger partial charge in [-0.3, -0.25) is 9.55 Å². The van der Waals surface area contributed by atoms with E-state index in [1.165, 1.54) is 16.7 Å². The van der Waals surface area contributed by atoms with E-state index in [1.807, 2.05) is 0 Å². The minimum absolute atomic E-state index is 0.105. The van der Waals surface area contributed by atoms with Crippen LogP contribution >= 0.6 is 11.6 Å². The van der Waals surface area contributed by atoms with Gasteiger partial charge in [0.15, 0.2) is 0 Å². The molecule has 3 aromatic rings. The van der Waals surface area contributed by atoms with E-state index < -0.39 is 11.4 Å². The maximum atomic E-state index is 12.7. The average Bonchev–Trinajstić information content (AvgIpc) is 2.62. The molecule has 2 aromatic carbocycles. The maximum absolute atomic E-state index is 12.7. The molecule has 0 bridgehead atoms. The van der Waals surface area contributed by atoms with E-state index in [0.29, 0.717) is 10.7 Å². The Morgan fingerprint density at radius 1 is 1.04 bits per heavy atom. The molecule has 0 radical (unpaired) electrons. The van der Waals surface area contributed by atoms with Gasteiger partial charge in [0.05, 0.1) is 12.2 Å². The summed E-state index contributed by atoms with van der Waals surface area (Å²) in [6.45, 7) is 2.19. The monoisotopic (exact) mass is 372 g/mol. The summed E-state index contributed by atoms with van der Waals surface area (Å²) in [4.78, 5) is 31.9. The first kappa shape index (κ1) is 17.8. The molecule has 0 aliphatic carbocycles. The lowest BCUT2D eigenvalue weighted by atomic mass is 10.2. The molecule has 0 saturated carbocycles. The standard InChI is InChI=1S/C18H17ClN4O3/c1-2-22-17(25)21-16(20-14-7-9-15(24)10-8-14)23(18(22)26)11-12-3-5-13(19)6-4-12/h3-10,24H,2,11H2,1H3,(H,20,21,25). The molecule has 0 amide bonds. The molecular weight excluding hydrogens is 356 g/mol. The van der Waals surface area contributed by atoms with Crippen LogP contribution < -0.4 is 17.0 Å². The predicted octanol–water partition coefficient (Wildman–Crippen LogP) is 2.00. The molecule has 0 spiro atoms. The van der Waals surface area contributed by atoms with Crippen LogP contribution in [0.2, 0.25) is 5.02 Å². The Morgan fingerprint density at radius 2 is 1.69 bits per heavy atom. The zero-order chi connectivity index (χ0) is 18.7. The Hall–Kier alpha value is -3.06. The first-order chi connectivity index (χ1) is 12.5. The van der Waals surface area contributed by atoms with Crippen LogP contribution in [0.1, 0.15) is 12.5 Å². The van der Waals surface area contributed by atoms with Crippen LogP contribution in [0.25, 0.3) is 0 Å². The van der Waals surface area contributed by atoms with E-state index in [-0.39, 0.29) is 24.5 Å². The smallest absolute Gasteiger partial charge is 0.335 e. The molecule has 0 unspecified atom stereocenters. The van der Waals surface area contributed by atoms with Gasteiger partial charge in [0.25, 0.3) is 0 Å². The van der Waals surface area contributed by atoms with Crippen LogP contribution in [0.3, 0.4) is 0 Å². The van der Waals surface area contributed by atoms with E-state index >= 15 is 0 Å². The van der Waals surface area contributed by atoms with Gasteiger partial charge >= 0.3 is 11.4 Å². The van der Waals surface area contributed by atoms with Gasteiger partial charge in [-0.05, 0) is 48.9 Å². The van der Waals surface area contributed by atoms with Gasteiger partial charge in [-0.15, -0.1) is 0 Å². The number of aromatic hydroxyl groups is 1. The van der Waals surface area contributed by atoms with Crippen LogP contribution in [-0.2, 0) is 13.1 Å². The SMILES string of the molecule is CCn1c(=O)[nH]/c(=N\c2ccc(O)cc2)n(Cc2ccc(Cl)cc2)c1=O. The number of H-pyrrole nitrogens is 1. The van der Waals surface area contributed by atoms with Crippen molar-refractivity contribution in [2.24, 2.45) is 4.99 Å². The first-order valence-corrected chi connectivity index (χ1v) is 8.38. The Balaban J connectivity index is 2.19. The fourth-order valence-electron chi connectivity index (χ4n) is 2.49. The van der Waals surface area contributed by atoms with Crippen LogP contribution in [0, 0.1) is 0 Å². The normalized spacial score (nSPS) is 11.7. The second-order valence-corrected chi connectivity index (χ2v) is 6.06. The molecule has 3 rings (SSSR count). The molecule has 1 aromatic heterocycles. The fourth-order valence-corrected chi connectivity index (χ4v) is 2.61. The van der Waals surface area contributed by atoms with Crippen molar-refractivity contribution in [3.8, 4) is 5.75 Å². The number of hydrogen-bond acceptors (Lipinski definition) is 4. The van der Waals surface area contributed by atoms with Gasteiger partial charge < -0.3 is 5.11 Å². The van der Waals surface area contributed by atoms with Crippen molar-refractivity contribution in [1.29, 1.82) is 0 Å². The third kappa shape index (κ3) is 3.78. The molecule has 0 aliphatic heterocycles. The zero-order valence-electron chi connectivity index (χ0n) is 14.0. The van der Waals surface area contributed by atoms with Crippen LogP contribution in [0.5, 0.6) is 5.75 Å². The summed E-state index contributed by atoms with van der Waals surface area (Å²) in [6.07, 6.45) is 0. The number of phenols is 1. The van der Waals surface area contributed by atoms with Gasteiger partial charge in [0.1, 0.15) is 5.75 Å². The fraction of sp³-hybridized carbons (Fsp3) is 0.167. The molecule has 26 heavy (non-hydrogen) atoms. The summed E-state index contributed by atoms with van der Waals surface area (Å²) in [5.74, 6) is 0.105. The summed E-state index contributed by atoms with van der Waals surface area (Å²) in [5.41, 5.74) is 0.488. The number of rotatable bonds is 4. The highest BCUT2D eigenvalue weighted by atomic mass is 35.5. The molecule has 2 N–H and O–H groups in total. The number of phenolic OH excluding ortho intramolecular Hbond substituents is 1. The van der Waals surface area contributed by atoms with Gasteiger partial charge in [-0.2, -0.15) is 0 Å². The third-order valence-electron chi connectivity index (χ3n) is 3.84. The second-order valence-electron chi connectivity index (χ2n) is 5.62. The van der Waals surface area contributed by atoms with Crippen molar-refractivity contribution in [1.82, 2.24) is 14.1 Å². The van der Waals surface area contributed by atoms with Gasteiger partial charge in [0.2, 0.25) is 5.62 Å². The minimum Gasteiger partial charge on any atom is -0.508 e. The van der Waals surface area contributed by atoms with Crippen molar-refractivity contribution in [2.45, 2.75) is 20.0 Å². The molecule has 0 aliphatic rings.